The molecule has 3 rings (SSSR count). The van der Waals surface area contributed by atoms with Crippen molar-refractivity contribution in [3.8, 4) is 11.5 Å². The number of carbonyl (C=O) groups is 1. The number of amides is 1. The highest BCUT2D eigenvalue weighted by molar-refractivity contribution is 5.81. The fourth-order valence-corrected chi connectivity index (χ4v) is 2.47. The summed E-state index contributed by atoms with van der Waals surface area (Å²) in [5, 5.41) is 2.83. The molecule has 0 aromatic heterocycles. The third kappa shape index (κ3) is 4.02. The molecule has 1 unspecified atom stereocenters. The highest BCUT2D eigenvalue weighted by atomic mass is 16.6. The number of para-hydroxylation sites is 2. The summed E-state index contributed by atoms with van der Waals surface area (Å²) in [6.07, 6.45) is 0.301. The van der Waals surface area contributed by atoms with E-state index in [2.05, 4.69) is 5.32 Å². The van der Waals surface area contributed by atoms with Crippen LogP contribution in [0.15, 0.2) is 54.6 Å². The number of nitrogens with one attached hydrogen (secondary N) is 1. The molecule has 0 saturated carbocycles. The molecule has 0 radical (unpaired) electrons. The first-order valence-corrected chi connectivity index (χ1v) is 7.68. The molecule has 0 bridgehead atoms. The van der Waals surface area contributed by atoms with Crippen LogP contribution in [0.1, 0.15) is 5.56 Å². The number of ether oxygens (including phenoxy) is 2. The minimum atomic E-state index is -0.575. The lowest BCUT2D eigenvalue weighted by Gasteiger charge is -2.26. The van der Waals surface area contributed by atoms with Gasteiger partial charge in [-0.25, -0.2) is 0 Å². The molecule has 2 aromatic carbocycles. The van der Waals surface area contributed by atoms with Crippen molar-refractivity contribution in [1.29, 1.82) is 0 Å². The molecule has 0 saturated heterocycles. The average molecular weight is 312 g/mol. The zero-order valence-corrected chi connectivity index (χ0v) is 12.8. The Bertz CT molecular complexity index is 660. The molecule has 1 heterocycles. The van der Waals surface area contributed by atoms with Crippen LogP contribution in [0.4, 0.5) is 0 Å². The van der Waals surface area contributed by atoms with E-state index in [1.54, 1.807) is 0 Å². The molecule has 0 spiro atoms. The Morgan fingerprint density at radius 1 is 1.13 bits per heavy atom. The second kappa shape index (κ2) is 7.15. The quantitative estimate of drug-likeness (QED) is 0.878. The van der Waals surface area contributed by atoms with E-state index in [-0.39, 0.29) is 12.0 Å². The summed E-state index contributed by atoms with van der Waals surface area (Å²) in [6, 6.07) is 16.7. The van der Waals surface area contributed by atoms with E-state index in [9.17, 15) is 4.79 Å². The predicted octanol–water partition coefficient (Wildman–Crippen LogP) is 1.51. The van der Waals surface area contributed by atoms with Gasteiger partial charge in [0, 0.05) is 0 Å². The first-order chi connectivity index (χ1) is 11.2. The standard InChI is InChI=1S/C18H20N2O3/c19-15(10-13-6-2-1-3-7-13)18(21)20-11-14-12-22-16-8-4-5-9-17(16)23-14/h1-9,14-15H,10-12,19H2,(H,20,21)/t14?,15-/m0/s1. The second-order valence-electron chi connectivity index (χ2n) is 5.54. The van der Waals surface area contributed by atoms with Gasteiger partial charge in [-0.05, 0) is 24.1 Å². The maximum Gasteiger partial charge on any atom is 0.237 e. The summed E-state index contributed by atoms with van der Waals surface area (Å²) in [6.45, 7) is 0.779. The van der Waals surface area contributed by atoms with Gasteiger partial charge in [-0.1, -0.05) is 42.5 Å². The van der Waals surface area contributed by atoms with Gasteiger partial charge in [-0.15, -0.1) is 0 Å². The van der Waals surface area contributed by atoms with Crippen LogP contribution in [0, 0.1) is 0 Å². The van der Waals surface area contributed by atoms with Gasteiger partial charge >= 0.3 is 0 Å². The molecule has 5 heteroatoms. The summed E-state index contributed by atoms with van der Waals surface area (Å²) in [4.78, 5) is 12.1. The van der Waals surface area contributed by atoms with Gasteiger partial charge in [0.2, 0.25) is 5.91 Å². The Morgan fingerprint density at radius 2 is 1.83 bits per heavy atom. The molecule has 1 aliphatic heterocycles. The minimum absolute atomic E-state index is 0.184. The number of rotatable bonds is 5. The van der Waals surface area contributed by atoms with E-state index in [0.29, 0.717) is 25.3 Å². The van der Waals surface area contributed by atoms with Crippen LogP contribution in [0.2, 0.25) is 0 Å². The van der Waals surface area contributed by atoms with Crippen molar-refractivity contribution in [2.24, 2.45) is 5.73 Å². The second-order valence-corrected chi connectivity index (χ2v) is 5.54. The van der Waals surface area contributed by atoms with Crippen molar-refractivity contribution < 1.29 is 14.3 Å². The Balaban J connectivity index is 1.48. The Morgan fingerprint density at radius 3 is 2.61 bits per heavy atom. The van der Waals surface area contributed by atoms with Crippen molar-refractivity contribution in [1.82, 2.24) is 5.32 Å². The SMILES string of the molecule is N[C@@H](Cc1ccccc1)C(=O)NCC1COc2ccccc2O1. The van der Waals surface area contributed by atoms with Crippen LogP contribution in [-0.4, -0.2) is 31.2 Å². The topological polar surface area (TPSA) is 73.6 Å². The molecular weight excluding hydrogens is 292 g/mol. The number of nitrogens with two attached hydrogens (primary N) is 1. The Labute approximate surface area is 135 Å². The molecule has 2 aromatic rings. The highest BCUT2D eigenvalue weighted by Crippen LogP contribution is 2.30. The molecule has 3 N–H and O–H groups in total. The van der Waals surface area contributed by atoms with Crippen LogP contribution in [-0.2, 0) is 11.2 Å². The van der Waals surface area contributed by atoms with Gasteiger partial charge in [-0.2, -0.15) is 0 Å². The summed E-state index contributed by atoms with van der Waals surface area (Å²) >= 11 is 0. The van der Waals surface area contributed by atoms with Crippen LogP contribution in [0.3, 0.4) is 0 Å². The first kappa shape index (κ1) is 15.4. The Hall–Kier alpha value is -2.53. The average Bonchev–Trinajstić information content (AvgIpc) is 2.60. The molecule has 23 heavy (non-hydrogen) atoms. The van der Waals surface area contributed by atoms with Gasteiger partial charge in [0.25, 0.3) is 0 Å². The number of carbonyl (C=O) groups excluding carboxylic acids is 1. The maximum atomic E-state index is 12.1. The van der Waals surface area contributed by atoms with E-state index >= 15 is 0 Å². The lowest BCUT2D eigenvalue weighted by atomic mass is 10.1. The number of benzene rings is 2. The monoisotopic (exact) mass is 312 g/mol. The zero-order valence-electron chi connectivity index (χ0n) is 12.8. The normalized spacial score (nSPS) is 17.3. The number of hydrogen-bond donors (Lipinski definition) is 2. The minimum Gasteiger partial charge on any atom is -0.486 e. The third-order valence-electron chi connectivity index (χ3n) is 3.71. The lowest BCUT2D eigenvalue weighted by Crippen LogP contribution is -2.47. The van der Waals surface area contributed by atoms with E-state index in [1.807, 2.05) is 54.6 Å². The fourth-order valence-electron chi connectivity index (χ4n) is 2.47. The van der Waals surface area contributed by atoms with Crippen molar-refractivity contribution >= 4 is 5.91 Å². The first-order valence-electron chi connectivity index (χ1n) is 7.68. The third-order valence-corrected chi connectivity index (χ3v) is 3.71. The van der Waals surface area contributed by atoms with Crippen LogP contribution in [0.25, 0.3) is 0 Å². The van der Waals surface area contributed by atoms with Gasteiger partial charge < -0.3 is 20.5 Å². The van der Waals surface area contributed by atoms with Crippen LogP contribution < -0.4 is 20.5 Å². The van der Waals surface area contributed by atoms with E-state index in [0.717, 1.165) is 11.3 Å². The van der Waals surface area contributed by atoms with E-state index < -0.39 is 6.04 Å². The molecule has 0 fully saturated rings. The fraction of sp³-hybridized carbons (Fsp3) is 0.278. The Kier molecular flexibility index (Phi) is 4.78. The number of fused-ring (bicyclic) bond motifs is 1. The van der Waals surface area contributed by atoms with Crippen molar-refractivity contribution in [2.75, 3.05) is 13.2 Å². The van der Waals surface area contributed by atoms with Crippen molar-refractivity contribution in [3.05, 3.63) is 60.2 Å². The lowest BCUT2D eigenvalue weighted by molar-refractivity contribution is -0.122. The summed E-state index contributed by atoms with van der Waals surface area (Å²) < 4.78 is 11.4. The summed E-state index contributed by atoms with van der Waals surface area (Å²) in [5.74, 6) is 1.25. The van der Waals surface area contributed by atoms with E-state index in [4.69, 9.17) is 15.2 Å². The summed E-state index contributed by atoms with van der Waals surface area (Å²) in [7, 11) is 0. The van der Waals surface area contributed by atoms with Gasteiger partial charge in [0.15, 0.2) is 11.5 Å². The van der Waals surface area contributed by atoms with Crippen LogP contribution in [0.5, 0.6) is 11.5 Å². The predicted molar refractivity (Wildman–Crippen MR) is 87.5 cm³/mol. The molecule has 1 amide bonds. The van der Waals surface area contributed by atoms with Gasteiger partial charge in [-0.3, -0.25) is 4.79 Å². The van der Waals surface area contributed by atoms with Gasteiger partial charge in [0.05, 0.1) is 12.6 Å². The molecule has 0 aliphatic carbocycles. The maximum absolute atomic E-state index is 12.1. The smallest absolute Gasteiger partial charge is 0.237 e. The zero-order chi connectivity index (χ0) is 16.1. The number of hydrogen-bond acceptors (Lipinski definition) is 4. The molecule has 1 aliphatic rings. The van der Waals surface area contributed by atoms with E-state index in [1.165, 1.54) is 0 Å². The molecule has 120 valence electrons. The van der Waals surface area contributed by atoms with Gasteiger partial charge in [0.1, 0.15) is 12.7 Å². The highest BCUT2D eigenvalue weighted by Gasteiger charge is 2.22. The summed E-state index contributed by atoms with van der Waals surface area (Å²) in [5.41, 5.74) is 7.00. The molecule has 5 nitrogen and oxygen atoms in total. The largest absolute Gasteiger partial charge is 0.486 e. The van der Waals surface area contributed by atoms with Crippen molar-refractivity contribution in [3.63, 3.8) is 0 Å². The molecule has 2 atom stereocenters. The molecular formula is C18H20N2O3. The van der Waals surface area contributed by atoms with Crippen molar-refractivity contribution in [2.45, 2.75) is 18.6 Å². The van der Waals surface area contributed by atoms with Crippen LogP contribution >= 0.6 is 0 Å².